The Morgan fingerprint density at radius 3 is 2.42 bits per heavy atom. The highest BCUT2D eigenvalue weighted by atomic mass is 16.4. The van der Waals surface area contributed by atoms with Crippen LogP contribution in [-0.2, 0) is 16.0 Å². The van der Waals surface area contributed by atoms with Gasteiger partial charge in [-0.1, -0.05) is 49.6 Å². The van der Waals surface area contributed by atoms with E-state index in [4.69, 9.17) is 0 Å². The molecule has 0 radical (unpaired) electrons. The van der Waals surface area contributed by atoms with Crippen LogP contribution in [-0.4, -0.2) is 46.2 Å². The molecule has 0 unspecified atom stereocenters. The second-order valence-corrected chi connectivity index (χ2v) is 7.94. The summed E-state index contributed by atoms with van der Waals surface area (Å²) in [4.78, 5) is 26.3. The van der Waals surface area contributed by atoms with Crippen LogP contribution in [0.4, 0.5) is 0 Å². The molecule has 2 aliphatic rings. The number of carbonyl (C=O) groups excluding carboxylic acids is 1. The van der Waals surface area contributed by atoms with Crippen molar-refractivity contribution in [3.63, 3.8) is 0 Å². The number of benzene rings is 1. The number of piperidine rings is 1. The van der Waals surface area contributed by atoms with Crippen molar-refractivity contribution in [2.75, 3.05) is 13.1 Å². The van der Waals surface area contributed by atoms with Crippen molar-refractivity contribution in [1.29, 1.82) is 0 Å². The molecule has 1 saturated heterocycles. The lowest BCUT2D eigenvalue weighted by atomic mass is 9.71. The molecule has 1 aromatic rings. The molecule has 2 atom stereocenters. The molecule has 142 valence electrons. The maximum Gasteiger partial charge on any atom is 0.312 e. The topological polar surface area (TPSA) is 77.8 Å². The predicted octanol–water partition coefficient (Wildman–Crippen LogP) is 2.86. The Labute approximate surface area is 155 Å². The molecule has 2 N–H and O–H groups in total. The minimum absolute atomic E-state index is 0.0645. The van der Waals surface area contributed by atoms with Crippen molar-refractivity contribution in [1.82, 2.24) is 4.90 Å². The minimum atomic E-state index is -1.22. The fraction of sp³-hybridized carbons (Fsp3) is 0.619. The Morgan fingerprint density at radius 1 is 1.12 bits per heavy atom. The van der Waals surface area contributed by atoms with Crippen LogP contribution in [0.3, 0.4) is 0 Å². The van der Waals surface area contributed by atoms with E-state index in [1.54, 1.807) is 4.90 Å². The van der Waals surface area contributed by atoms with Gasteiger partial charge in [-0.05, 0) is 37.2 Å². The quantitative estimate of drug-likeness (QED) is 0.847. The molecule has 5 nitrogen and oxygen atoms in total. The van der Waals surface area contributed by atoms with Gasteiger partial charge in [-0.15, -0.1) is 0 Å². The number of amides is 1. The van der Waals surface area contributed by atoms with Crippen molar-refractivity contribution < 1.29 is 19.8 Å². The summed E-state index contributed by atoms with van der Waals surface area (Å²) in [5.74, 6) is -0.466. The Balaban J connectivity index is 1.65. The average molecular weight is 359 g/mol. The summed E-state index contributed by atoms with van der Waals surface area (Å²) < 4.78 is 0. The number of nitrogens with zero attached hydrogens (tertiary/aromatic N) is 1. The zero-order chi connectivity index (χ0) is 18.6. The predicted molar refractivity (Wildman–Crippen MR) is 98.6 cm³/mol. The van der Waals surface area contributed by atoms with Gasteiger partial charge < -0.3 is 15.1 Å². The summed E-state index contributed by atoms with van der Waals surface area (Å²) in [6, 6.07) is 9.41. The van der Waals surface area contributed by atoms with Crippen molar-refractivity contribution in [2.45, 2.75) is 57.5 Å². The maximum absolute atomic E-state index is 12.6. The van der Waals surface area contributed by atoms with E-state index in [2.05, 4.69) is 0 Å². The molecule has 2 fully saturated rings. The van der Waals surface area contributed by atoms with E-state index in [0.717, 1.165) is 18.4 Å². The van der Waals surface area contributed by atoms with Crippen LogP contribution in [0, 0.1) is 11.3 Å². The summed E-state index contributed by atoms with van der Waals surface area (Å²) in [6.07, 6.45) is 5.91. The summed E-state index contributed by atoms with van der Waals surface area (Å²) in [6.45, 7) is 0.520. The van der Waals surface area contributed by atoms with Crippen LogP contribution in [0.5, 0.6) is 0 Å². The largest absolute Gasteiger partial charge is 0.481 e. The second-order valence-electron chi connectivity index (χ2n) is 7.94. The number of carboxylic acid groups (broad SMARTS) is 1. The number of aliphatic hydroxyl groups excluding tert-OH is 1. The van der Waals surface area contributed by atoms with Crippen LogP contribution < -0.4 is 0 Å². The van der Waals surface area contributed by atoms with Gasteiger partial charge in [-0.2, -0.15) is 0 Å². The highest BCUT2D eigenvalue weighted by molar-refractivity contribution is 5.79. The Morgan fingerprint density at radius 2 is 1.81 bits per heavy atom. The number of hydrogen-bond acceptors (Lipinski definition) is 3. The second kappa shape index (κ2) is 8.21. The van der Waals surface area contributed by atoms with Gasteiger partial charge in [0.2, 0.25) is 5.91 Å². The summed E-state index contributed by atoms with van der Waals surface area (Å²) >= 11 is 0. The fourth-order valence-corrected chi connectivity index (χ4v) is 4.46. The SMILES string of the molecule is O=C(CC1CCCCC1)N1CC[C@](Cc2ccccc2)(C(=O)O)[C@@H](O)C1. The highest BCUT2D eigenvalue weighted by Gasteiger charge is 2.49. The third kappa shape index (κ3) is 4.09. The normalized spacial score (nSPS) is 27.3. The average Bonchev–Trinajstić information content (AvgIpc) is 2.65. The molecule has 1 heterocycles. The molecule has 0 bridgehead atoms. The molecule has 26 heavy (non-hydrogen) atoms. The number of carboxylic acids is 1. The van der Waals surface area contributed by atoms with E-state index in [1.165, 1.54) is 19.3 Å². The van der Waals surface area contributed by atoms with Gasteiger partial charge in [-0.3, -0.25) is 9.59 Å². The first kappa shape index (κ1) is 18.9. The molecule has 5 heteroatoms. The van der Waals surface area contributed by atoms with E-state index in [1.807, 2.05) is 30.3 Å². The molecule has 1 saturated carbocycles. The van der Waals surface area contributed by atoms with Gasteiger partial charge >= 0.3 is 5.97 Å². The number of aliphatic carboxylic acids is 1. The fourth-order valence-electron chi connectivity index (χ4n) is 4.46. The summed E-state index contributed by atoms with van der Waals surface area (Å²) in [5, 5.41) is 20.5. The van der Waals surface area contributed by atoms with Crippen molar-refractivity contribution in [2.24, 2.45) is 11.3 Å². The molecule has 1 aliphatic heterocycles. The molecular formula is C21H29NO4. The molecule has 1 amide bonds. The molecule has 3 rings (SSSR count). The molecule has 1 aliphatic carbocycles. The Hall–Kier alpha value is -1.88. The zero-order valence-corrected chi connectivity index (χ0v) is 15.3. The highest BCUT2D eigenvalue weighted by Crippen LogP contribution is 2.37. The first-order chi connectivity index (χ1) is 12.5. The smallest absolute Gasteiger partial charge is 0.312 e. The van der Waals surface area contributed by atoms with Gasteiger partial charge in [0.15, 0.2) is 0 Å². The van der Waals surface area contributed by atoms with Gasteiger partial charge in [0.25, 0.3) is 0 Å². The van der Waals surface area contributed by atoms with Crippen molar-refractivity contribution >= 4 is 11.9 Å². The molecule has 0 aromatic heterocycles. The van der Waals surface area contributed by atoms with Crippen molar-refractivity contribution in [3.05, 3.63) is 35.9 Å². The zero-order valence-electron chi connectivity index (χ0n) is 15.3. The van der Waals surface area contributed by atoms with Gasteiger partial charge in [0.1, 0.15) is 5.41 Å². The van der Waals surface area contributed by atoms with E-state index in [9.17, 15) is 19.8 Å². The van der Waals surface area contributed by atoms with E-state index in [-0.39, 0.29) is 25.3 Å². The standard InChI is InChI=1S/C21H29NO4/c23-18-15-22(19(24)13-16-7-3-1-4-8-16)12-11-21(18,20(25)26)14-17-9-5-2-6-10-17/h2,5-6,9-10,16,18,23H,1,3-4,7-8,11-15H2,(H,25,26)/t18-,21+/m0/s1. The molecule has 0 spiro atoms. The van der Waals surface area contributed by atoms with Gasteiger partial charge in [0, 0.05) is 19.5 Å². The summed E-state index contributed by atoms with van der Waals surface area (Å²) in [7, 11) is 0. The Kier molecular flexibility index (Phi) is 5.97. The number of β-amino-alcohol motifs (C(OH)–C–C–N with tert-alkyl or cyclic N) is 1. The van der Waals surface area contributed by atoms with Crippen LogP contribution in [0.2, 0.25) is 0 Å². The number of carbonyl (C=O) groups is 2. The first-order valence-corrected chi connectivity index (χ1v) is 9.74. The lowest BCUT2D eigenvalue weighted by Gasteiger charge is -2.43. The van der Waals surface area contributed by atoms with Crippen molar-refractivity contribution in [3.8, 4) is 0 Å². The molecular weight excluding hydrogens is 330 g/mol. The lowest BCUT2D eigenvalue weighted by Crippen LogP contribution is -2.57. The molecule has 1 aromatic carbocycles. The number of rotatable bonds is 5. The maximum atomic E-state index is 12.6. The van der Waals surface area contributed by atoms with Crippen LogP contribution in [0.15, 0.2) is 30.3 Å². The first-order valence-electron chi connectivity index (χ1n) is 9.74. The summed E-state index contributed by atoms with van der Waals surface area (Å²) in [5.41, 5.74) is -0.320. The third-order valence-electron chi connectivity index (χ3n) is 6.19. The van der Waals surface area contributed by atoms with Gasteiger partial charge in [-0.25, -0.2) is 0 Å². The number of aliphatic hydroxyl groups is 1. The van der Waals surface area contributed by atoms with Crippen LogP contribution >= 0.6 is 0 Å². The minimum Gasteiger partial charge on any atom is -0.481 e. The van der Waals surface area contributed by atoms with E-state index in [0.29, 0.717) is 18.9 Å². The third-order valence-corrected chi connectivity index (χ3v) is 6.19. The number of likely N-dealkylation sites (tertiary alicyclic amines) is 1. The van der Waals surface area contributed by atoms with Crippen LogP contribution in [0.25, 0.3) is 0 Å². The van der Waals surface area contributed by atoms with E-state index < -0.39 is 17.5 Å². The van der Waals surface area contributed by atoms with E-state index >= 15 is 0 Å². The monoisotopic (exact) mass is 359 g/mol. The number of hydrogen-bond donors (Lipinski definition) is 2. The lowest BCUT2D eigenvalue weighted by molar-refractivity contribution is -0.166. The van der Waals surface area contributed by atoms with Crippen LogP contribution in [0.1, 0.15) is 50.5 Å². The Bertz CT molecular complexity index is 626. The van der Waals surface area contributed by atoms with Gasteiger partial charge in [0.05, 0.1) is 6.10 Å².